The second kappa shape index (κ2) is 7.82. The Morgan fingerprint density at radius 3 is 2.55 bits per heavy atom. The molecule has 2 amide bonds. The fraction of sp³-hybridized carbons (Fsp3) is 0.571. The standard InChI is InChI=1S/C21H27N3O4S/c1-21(2,3)28-20(26)24-14-9-13(10-14)23-19(25)12-7-15(8-12)27-16-5-4-6-17-18(16)22-11-29-17/h4-6,11-15H,7-10H2,1-3H3,(H,23,25)(H,24,26)/t12-,13-,14-,15-. The third-order valence-electron chi connectivity index (χ3n) is 5.29. The Hall–Kier alpha value is -2.35. The molecule has 2 aliphatic carbocycles. The predicted molar refractivity (Wildman–Crippen MR) is 111 cm³/mol. The first-order valence-electron chi connectivity index (χ1n) is 10.1. The van der Waals surface area contributed by atoms with Crippen LogP contribution in [-0.4, -0.2) is 40.8 Å². The van der Waals surface area contributed by atoms with Crippen LogP contribution in [0.5, 0.6) is 5.75 Å². The van der Waals surface area contributed by atoms with Crippen LogP contribution in [-0.2, 0) is 9.53 Å². The topological polar surface area (TPSA) is 89.6 Å². The number of fused-ring (bicyclic) bond motifs is 1. The summed E-state index contributed by atoms with van der Waals surface area (Å²) < 4.78 is 12.4. The first kappa shape index (κ1) is 19.9. The fourth-order valence-corrected chi connectivity index (χ4v) is 4.35. The van der Waals surface area contributed by atoms with Crippen LogP contribution in [0.4, 0.5) is 4.79 Å². The maximum atomic E-state index is 12.4. The molecule has 2 saturated carbocycles. The number of aromatic nitrogens is 1. The number of nitrogens with zero attached hydrogens (tertiary/aromatic N) is 1. The van der Waals surface area contributed by atoms with Gasteiger partial charge in [0.15, 0.2) is 0 Å². The highest BCUT2D eigenvalue weighted by Crippen LogP contribution is 2.35. The van der Waals surface area contributed by atoms with E-state index in [1.165, 1.54) is 0 Å². The number of nitrogens with one attached hydrogen (secondary N) is 2. The molecule has 2 fully saturated rings. The van der Waals surface area contributed by atoms with Gasteiger partial charge < -0.3 is 20.1 Å². The van der Waals surface area contributed by atoms with Crippen molar-refractivity contribution in [2.45, 2.75) is 70.2 Å². The zero-order valence-electron chi connectivity index (χ0n) is 16.9. The van der Waals surface area contributed by atoms with Crippen LogP contribution in [0, 0.1) is 5.92 Å². The molecule has 1 aromatic carbocycles. The van der Waals surface area contributed by atoms with E-state index in [1.54, 1.807) is 11.3 Å². The van der Waals surface area contributed by atoms with Crippen molar-refractivity contribution in [1.29, 1.82) is 0 Å². The van der Waals surface area contributed by atoms with E-state index in [2.05, 4.69) is 15.6 Å². The van der Waals surface area contributed by atoms with Crippen molar-refractivity contribution in [2.75, 3.05) is 0 Å². The molecule has 2 aliphatic rings. The Bertz CT molecular complexity index is 895. The van der Waals surface area contributed by atoms with Crippen molar-refractivity contribution in [3.05, 3.63) is 23.7 Å². The van der Waals surface area contributed by atoms with E-state index < -0.39 is 11.7 Å². The van der Waals surface area contributed by atoms with Crippen LogP contribution in [0.3, 0.4) is 0 Å². The molecule has 4 rings (SSSR count). The summed E-state index contributed by atoms with van der Waals surface area (Å²) in [6, 6.07) is 6.11. The van der Waals surface area contributed by atoms with Crippen molar-refractivity contribution >= 4 is 33.6 Å². The molecule has 8 heteroatoms. The highest BCUT2D eigenvalue weighted by molar-refractivity contribution is 7.16. The minimum absolute atomic E-state index is 0.00694. The zero-order chi connectivity index (χ0) is 20.6. The molecule has 0 saturated heterocycles. The van der Waals surface area contributed by atoms with Crippen LogP contribution in [0.15, 0.2) is 23.7 Å². The minimum Gasteiger partial charge on any atom is -0.488 e. The molecule has 7 nitrogen and oxygen atoms in total. The Balaban J connectivity index is 1.16. The molecule has 156 valence electrons. The monoisotopic (exact) mass is 417 g/mol. The number of carbonyl (C=O) groups excluding carboxylic acids is 2. The van der Waals surface area contributed by atoms with Gasteiger partial charge in [0.2, 0.25) is 5.91 Å². The summed E-state index contributed by atoms with van der Waals surface area (Å²) in [5, 5.41) is 5.92. The quantitative estimate of drug-likeness (QED) is 0.775. The second-order valence-corrected chi connectivity index (χ2v) is 9.77. The van der Waals surface area contributed by atoms with E-state index in [1.807, 2.05) is 44.5 Å². The summed E-state index contributed by atoms with van der Waals surface area (Å²) in [4.78, 5) is 28.6. The minimum atomic E-state index is -0.505. The Labute approximate surface area is 174 Å². The van der Waals surface area contributed by atoms with Crippen LogP contribution in [0.25, 0.3) is 10.2 Å². The van der Waals surface area contributed by atoms with E-state index in [-0.39, 0.29) is 30.0 Å². The number of ether oxygens (including phenoxy) is 2. The van der Waals surface area contributed by atoms with Gasteiger partial charge in [0.25, 0.3) is 0 Å². The number of rotatable bonds is 5. The van der Waals surface area contributed by atoms with Gasteiger partial charge in [-0.25, -0.2) is 9.78 Å². The summed E-state index contributed by atoms with van der Waals surface area (Å²) >= 11 is 1.59. The highest BCUT2D eigenvalue weighted by Gasteiger charge is 2.39. The first-order chi connectivity index (χ1) is 13.8. The molecule has 0 radical (unpaired) electrons. The number of carbonyl (C=O) groups is 2. The van der Waals surface area contributed by atoms with Gasteiger partial charge in [-0.1, -0.05) is 6.07 Å². The second-order valence-electron chi connectivity index (χ2n) is 8.88. The number of amides is 2. The summed E-state index contributed by atoms with van der Waals surface area (Å²) in [5.74, 6) is 0.868. The summed E-state index contributed by atoms with van der Waals surface area (Å²) in [6.07, 6.45) is 2.58. The van der Waals surface area contributed by atoms with Gasteiger partial charge in [-0.15, -0.1) is 11.3 Å². The molecular weight excluding hydrogens is 390 g/mol. The molecule has 1 aromatic heterocycles. The summed E-state index contributed by atoms with van der Waals surface area (Å²) in [6.45, 7) is 5.51. The molecule has 1 heterocycles. The number of hydrogen-bond donors (Lipinski definition) is 2. The maximum Gasteiger partial charge on any atom is 0.407 e. The zero-order valence-corrected chi connectivity index (χ0v) is 17.8. The number of thiazole rings is 1. The molecule has 0 atom stereocenters. The SMILES string of the molecule is CC(C)(C)OC(=O)N[C@H]1C[C@H](NC(=O)[C@H]2C[C@H](Oc3cccc4scnc34)C2)C1. The van der Waals surface area contributed by atoms with Gasteiger partial charge in [-0.2, -0.15) is 0 Å². The molecule has 0 aliphatic heterocycles. The van der Waals surface area contributed by atoms with Crippen molar-refractivity contribution in [3.8, 4) is 5.75 Å². The van der Waals surface area contributed by atoms with E-state index in [9.17, 15) is 9.59 Å². The molecule has 2 aromatic rings. The number of alkyl carbamates (subject to hydrolysis) is 1. The number of para-hydroxylation sites is 1. The lowest BCUT2D eigenvalue weighted by Gasteiger charge is -2.39. The van der Waals surface area contributed by atoms with Crippen molar-refractivity contribution in [3.63, 3.8) is 0 Å². The van der Waals surface area contributed by atoms with E-state index in [0.717, 1.165) is 41.6 Å². The lowest BCUT2D eigenvalue weighted by molar-refractivity contribution is -0.132. The average Bonchev–Trinajstić information content (AvgIpc) is 3.03. The summed E-state index contributed by atoms with van der Waals surface area (Å²) in [7, 11) is 0. The Morgan fingerprint density at radius 2 is 1.83 bits per heavy atom. The van der Waals surface area contributed by atoms with Crippen LogP contribution < -0.4 is 15.4 Å². The smallest absolute Gasteiger partial charge is 0.407 e. The van der Waals surface area contributed by atoms with E-state index >= 15 is 0 Å². The normalized spacial score (nSPS) is 26.2. The molecule has 29 heavy (non-hydrogen) atoms. The molecular formula is C21H27N3O4S. The van der Waals surface area contributed by atoms with Gasteiger partial charge in [-0.05, 0) is 58.6 Å². The Kier molecular flexibility index (Phi) is 5.38. The molecule has 0 spiro atoms. The fourth-order valence-electron chi connectivity index (χ4n) is 3.66. The van der Waals surface area contributed by atoms with Crippen LogP contribution in [0.2, 0.25) is 0 Å². The molecule has 0 bridgehead atoms. The van der Waals surface area contributed by atoms with Crippen LogP contribution >= 0.6 is 11.3 Å². The Morgan fingerprint density at radius 1 is 1.10 bits per heavy atom. The van der Waals surface area contributed by atoms with Gasteiger partial charge in [0, 0.05) is 18.0 Å². The van der Waals surface area contributed by atoms with Gasteiger partial charge >= 0.3 is 6.09 Å². The molecule has 2 N–H and O–H groups in total. The average molecular weight is 418 g/mol. The van der Waals surface area contributed by atoms with Gasteiger partial charge in [0.05, 0.1) is 10.2 Å². The van der Waals surface area contributed by atoms with E-state index in [4.69, 9.17) is 9.47 Å². The van der Waals surface area contributed by atoms with Crippen molar-refractivity contribution in [1.82, 2.24) is 15.6 Å². The largest absolute Gasteiger partial charge is 0.488 e. The third kappa shape index (κ3) is 4.80. The maximum absolute atomic E-state index is 12.4. The number of benzene rings is 1. The van der Waals surface area contributed by atoms with Crippen LogP contribution in [0.1, 0.15) is 46.5 Å². The van der Waals surface area contributed by atoms with E-state index in [0.29, 0.717) is 0 Å². The van der Waals surface area contributed by atoms with Crippen molar-refractivity contribution in [2.24, 2.45) is 5.92 Å². The molecule has 0 unspecified atom stereocenters. The lowest BCUT2D eigenvalue weighted by Crippen LogP contribution is -2.56. The predicted octanol–water partition coefficient (Wildman–Crippen LogP) is 3.63. The third-order valence-corrected chi connectivity index (χ3v) is 6.08. The van der Waals surface area contributed by atoms with Gasteiger partial charge in [-0.3, -0.25) is 4.79 Å². The first-order valence-corrected chi connectivity index (χ1v) is 10.9. The lowest BCUT2D eigenvalue weighted by atomic mass is 9.80. The highest BCUT2D eigenvalue weighted by atomic mass is 32.1. The number of hydrogen-bond acceptors (Lipinski definition) is 6. The summed E-state index contributed by atoms with van der Waals surface area (Å²) in [5.41, 5.74) is 2.20. The van der Waals surface area contributed by atoms with Crippen molar-refractivity contribution < 1.29 is 19.1 Å². The van der Waals surface area contributed by atoms with Gasteiger partial charge in [0.1, 0.15) is 23.0 Å².